The number of hydrogen-bond donors (Lipinski definition) is 0. The molecule has 0 N–H and O–H groups in total. The number of carbonyl (C=O) groups excluding carboxylic acids is 1. The third-order valence-electron chi connectivity index (χ3n) is 5.95. The Labute approximate surface area is 197 Å². The van der Waals surface area contributed by atoms with E-state index in [1.54, 1.807) is 7.11 Å². The summed E-state index contributed by atoms with van der Waals surface area (Å²) in [5, 5.41) is 1.91. The number of amides is 1. The molecule has 0 atom stereocenters. The van der Waals surface area contributed by atoms with Crippen LogP contribution in [0, 0.1) is 0 Å². The number of hydrogen-bond acceptors (Lipinski definition) is 5. The lowest BCUT2D eigenvalue weighted by atomic mass is 10.2. The van der Waals surface area contributed by atoms with Crippen molar-refractivity contribution in [2.24, 2.45) is 0 Å². The van der Waals surface area contributed by atoms with Crippen LogP contribution in [0.5, 0.6) is 5.75 Å². The van der Waals surface area contributed by atoms with E-state index in [1.807, 2.05) is 63.3 Å². The van der Waals surface area contributed by atoms with Crippen molar-refractivity contribution >= 4 is 28.3 Å². The van der Waals surface area contributed by atoms with Gasteiger partial charge in [-0.3, -0.25) is 14.1 Å². The number of thiazole rings is 1. The van der Waals surface area contributed by atoms with Crippen LogP contribution in [0.2, 0.25) is 0 Å². The number of carbonyl (C=O) groups is 1. The molecular formula is C26H26N4O2S. The molecule has 2 aromatic heterocycles. The molecule has 5 rings (SSSR count). The van der Waals surface area contributed by atoms with E-state index in [4.69, 9.17) is 9.72 Å². The van der Waals surface area contributed by atoms with Crippen molar-refractivity contribution in [3.8, 4) is 17.0 Å². The Hall–Kier alpha value is -3.42. The topological polar surface area (TPSA) is 50.1 Å². The Balaban J connectivity index is 1.22. The monoisotopic (exact) mass is 458 g/mol. The minimum absolute atomic E-state index is 0.0689. The fourth-order valence-electron chi connectivity index (χ4n) is 4.04. The van der Waals surface area contributed by atoms with Crippen LogP contribution < -0.4 is 4.74 Å². The highest BCUT2D eigenvalue weighted by molar-refractivity contribution is 7.15. The predicted molar refractivity (Wildman–Crippen MR) is 133 cm³/mol. The lowest BCUT2D eigenvalue weighted by Gasteiger charge is -2.34. The molecule has 33 heavy (non-hydrogen) atoms. The summed E-state index contributed by atoms with van der Waals surface area (Å²) in [7, 11) is 1.65. The van der Waals surface area contributed by atoms with Gasteiger partial charge in [0.25, 0.3) is 5.91 Å². The van der Waals surface area contributed by atoms with Gasteiger partial charge in [0, 0.05) is 49.9 Å². The van der Waals surface area contributed by atoms with Crippen molar-refractivity contribution < 1.29 is 9.53 Å². The Bertz CT molecular complexity index is 1250. The summed E-state index contributed by atoms with van der Waals surface area (Å²) in [6.45, 7) is 4.11. The molecule has 0 spiro atoms. The van der Waals surface area contributed by atoms with E-state index in [1.165, 1.54) is 16.9 Å². The number of aromatic nitrogens is 2. The van der Waals surface area contributed by atoms with E-state index in [2.05, 4.69) is 29.2 Å². The molecule has 1 aliphatic rings. The first-order chi connectivity index (χ1) is 16.2. The molecular weight excluding hydrogens is 432 g/mol. The zero-order chi connectivity index (χ0) is 22.6. The highest BCUT2D eigenvalue weighted by Gasteiger charge is 2.24. The van der Waals surface area contributed by atoms with Crippen molar-refractivity contribution in [1.29, 1.82) is 0 Å². The van der Waals surface area contributed by atoms with Crippen molar-refractivity contribution in [1.82, 2.24) is 19.2 Å². The number of fused-ring (bicyclic) bond motifs is 1. The van der Waals surface area contributed by atoms with Gasteiger partial charge in [-0.15, -0.1) is 11.3 Å². The van der Waals surface area contributed by atoms with E-state index < -0.39 is 0 Å². The van der Waals surface area contributed by atoms with Crippen LogP contribution in [-0.2, 0) is 0 Å². The normalized spacial score (nSPS) is 14.9. The van der Waals surface area contributed by atoms with Crippen LogP contribution in [0.4, 0.5) is 0 Å². The summed E-state index contributed by atoms with van der Waals surface area (Å²) in [5.41, 5.74) is 3.75. The molecule has 0 radical (unpaired) electrons. The summed E-state index contributed by atoms with van der Waals surface area (Å²) in [6, 6.07) is 18.1. The van der Waals surface area contributed by atoms with Crippen molar-refractivity contribution in [2.75, 3.05) is 39.8 Å². The molecule has 1 fully saturated rings. The molecule has 1 saturated heterocycles. The van der Waals surface area contributed by atoms with Gasteiger partial charge in [-0.1, -0.05) is 42.5 Å². The zero-order valence-corrected chi connectivity index (χ0v) is 19.4. The molecule has 4 aromatic rings. The summed E-state index contributed by atoms with van der Waals surface area (Å²) in [6.07, 6.45) is 6.30. The quantitative estimate of drug-likeness (QED) is 0.426. The Morgan fingerprint density at radius 1 is 1.06 bits per heavy atom. The molecule has 0 aliphatic carbocycles. The number of nitrogens with zero attached hydrogens (tertiary/aromatic N) is 4. The first-order valence-electron chi connectivity index (χ1n) is 11.1. The van der Waals surface area contributed by atoms with Gasteiger partial charge < -0.3 is 9.64 Å². The van der Waals surface area contributed by atoms with Crippen LogP contribution in [0.3, 0.4) is 0 Å². The van der Waals surface area contributed by atoms with Crippen LogP contribution in [0.25, 0.3) is 22.3 Å². The second-order valence-electron chi connectivity index (χ2n) is 8.03. The number of ether oxygens (including phenoxy) is 1. The lowest BCUT2D eigenvalue weighted by Crippen LogP contribution is -2.48. The summed E-state index contributed by atoms with van der Waals surface area (Å²) in [5.74, 6) is 0.879. The summed E-state index contributed by atoms with van der Waals surface area (Å²) in [4.78, 5) is 23.1. The van der Waals surface area contributed by atoms with Crippen LogP contribution >= 0.6 is 11.3 Å². The maximum Gasteiger partial charge on any atom is 0.271 e. The second-order valence-corrected chi connectivity index (χ2v) is 8.87. The molecule has 0 unspecified atom stereocenters. The average molecular weight is 459 g/mol. The van der Waals surface area contributed by atoms with Gasteiger partial charge in [-0.25, -0.2) is 4.98 Å². The number of piperazine rings is 1. The largest absolute Gasteiger partial charge is 0.497 e. The van der Waals surface area contributed by atoms with Crippen LogP contribution in [-0.4, -0.2) is 64.9 Å². The standard InChI is InChI=1S/C26H26N4O2S/c1-32-22-11-9-21(10-12-22)23-18-30-24(19-33-26(30)27-23)25(31)29-16-14-28(15-17-29)13-5-8-20-6-3-2-4-7-20/h2-12,18-19H,13-17H2,1H3. The first-order valence-corrected chi connectivity index (χ1v) is 11.9. The van der Waals surface area contributed by atoms with Crippen molar-refractivity contribution in [3.05, 3.63) is 83.5 Å². The maximum atomic E-state index is 13.2. The summed E-state index contributed by atoms with van der Waals surface area (Å²) < 4.78 is 7.15. The number of rotatable bonds is 6. The third-order valence-corrected chi connectivity index (χ3v) is 6.79. The maximum absolute atomic E-state index is 13.2. The summed E-state index contributed by atoms with van der Waals surface area (Å²) >= 11 is 1.50. The minimum Gasteiger partial charge on any atom is -0.497 e. The van der Waals surface area contributed by atoms with Crippen LogP contribution in [0.1, 0.15) is 16.1 Å². The smallest absolute Gasteiger partial charge is 0.271 e. The Morgan fingerprint density at radius 2 is 1.82 bits per heavy atom. The fourth-order valence-corrected chi connectivity index (χ4v) is 4.88. The molecule has 168 valence electrons. The van der Waals surface area contributed by atoms with E-state index >= 15 is 0 Å². The minimum atomic E-state index is 0.0689. The average Bonchev–Trinajstić information content (AvgIpc) is 3.46. The predicted octanol–water partition coefficient (Wildman–Crippen LogP) is 4.54. The highest BCUT2D eigenvalue weighted by Crippen LogP contribution is 2.26. The van der Waals surface area contributed by atoms with E-state index in [0.717, 1.165) is 54.7 Å². The molecule has 0 bridgehead atoms. The molecule has 1 aliphatic heterocycles. The molecule has 1 amide bonds. The SMILES string of the molecule is COc1ccc(-c2cn3c(C(=O)N4CCN(CC=Cc5ccccc5)CC4)csc3n2)cc1. The van der Waals surface area contributed by atoms with Gasteiger partial charge >= 0.3 is 0 Å². The van der Waals surface area contributed by atoms with Gasteiger partial charge in [0.15, 0.2) is 4.96 Å². The third kappa shape index (κ3) is 4.69. The number of benzene rings is 2. The zero-order valence-electron chi connectivity index (χ0n) is 18.6. The number of methoxy groups -OCH3 is 1. The molecule has 7 heteroatoms. The highest BCUT2D eigenvalue weighted by atomic mass is 32.1. The van der Waals surface area contributed by atoms with E-state index in [9.17, 15) is 4.79 Å². The van der Waals surface area contributed by atoms with E-state index in [-0.39, 0.29) is 5.91 Å². The molecule has 3 heterocycles. The van der Waals surface area contributed by atoms with Gasteiger partial charge in [-0.05, 0) is 29.8 Å². The molecule has 2 aromatic carbocycles. The fraction of sp³-hybridized carbons (Fsp3) is 0.231. The molecule has 6 nitrogen and oxygen atoms in total. The van der Waals surface area contributed by atoms with Gasteiger partial charge in [0.1, 0.15) is 11.4 Å². The first kappa shape index (κ1) is 21.4. The number of imidazole rings is 1. The Kier molecular flexibility index (Phi) is 6.24. The van der Waals surface area contributed by atoms with Crippen molar-refractivity contribution in [3.63, 3.8) is 0 Å². The van der Waals surface area contributed by atoms with Crippen LogP contribution in [0.15, 0.2) is 72.3 Å². The van der Waals surface area contributed by atoms with Gasteiger partial charge in [0.2, 0.25) is 0 Å². The Morgan fingerprint density at radius 3 is 2.55 bits per heavy atom. The lowest BCUT2D eigenvalue weighted by molar-refractivity contribution is 0.0644. The van der Waals surface area contributed by atoms with Crippen molar-refractivity contribution in [2.45, 2.75) is 0 Å². The second kappa shape index (κ2) is 9.60. The van der Waals surface area contributed by atoms with Gasteiger partial charge in [0.05, 0.1) is 12.8 Å². The molecule has 0 saturated carbocycles. The van der Waals surface area contributed by atoms with E-state index in [0.29, 0.717) is 5.69 Å². The van der Waals surface area contributed by atoms with Gasteiger partial charge in [-0.2, -0.15) is 0 Å².